The van der Waals surface area contributed by atoms with Crippen LogP contribution in [0.2, 0.25) is 0 Å². The third-order valence-corrected chi connectivity index (χ3v) is 4.51. The van der Waals surface area contributed by atoms with E-state index < -0.39 is 0 Å². The molecule has 0 fully saturated rings. The van der Waals surface area contributed by atoms with Gasteiger partial charge in [-0.2, -0.15) is 0 Å². The first-order valence-electron chi connectivity index (χ1n) is 8.64. The highest BCUT2D eigenvalue weighted by Gasteiger charge is 2.17. The molecule has 0 spiro atoms. The number of hydrogen-bond acceptors (Lipinski definition) is 1. The van der Waals surface area contributed by atoms with Gasteiger partial charge in [0.25, 0.3) is 0 Å². The normalized spacial score (nSPS) is 12.9. The Morgan fingerprint density at radius 1 is 0.957 bits per heavy atom. The summed E-state index contributed by atoms with van der Waals surface area (Å²) in [4.78, 5) is 4.89. The van der Waals surface area contributed by atoms with Crippen LogP contribution in [-0.2, 0) is 13.0 Å². The first kappa shape index (κ1) is 15.8. The second-order valence-electron chi connectivity index (χ2n) is 6.76. The van der Waals surface area contributed by atoms with Gasteiger partial charge in [-0.25, -0.2) is 4.98 Å². The molecule has 0 saturated heterocycles. The number of rotatable bonds is 5. The van der Waals surface area contributed by atoms with Crippen molar-refractivity contribution in [2.75, 3.05) is 0 Å². The van der Waals surface area contributed by atoms with Crippen LogP contribution in [0.25, 0.3) is 11.0 Å². The largest absolute Gasteiger partial charge is 0.328 e. The van der Waals surface area contributed by atoms with Crippen molar-refractivity contribution in [1.29, 1.82) is 0 Å². The van der Waals surface area contributed by atoms with Gasteiger partial charge in [-0.05, 0) is 42.5 Å². The lowest BCUT2D eigenvalue weighted by molar-refractivity contribution is 0.646. The van der Waals surface area contributed by atoms with Gasteiger partial charge >= 0.3 is 0 Å². The molecule has 0 aliphatic heterocycles. The maximum absolute atomic E-state index is 4.89. The van der Waals surface area contributed by atoms with Gasteiger partial charge in [0.15, 0.2) is 0 Å². The molecule has 1 atom stereocenters. The standard InChI is InChI=1S/C21H26N2/c1-5-23-20-9-7-6-8-19(20)22-21(23)16(4)18-12-10-17(11-13-18)14-15(2)3/h6-13,15-16H,5,14H2,1-4H3/t16-/m1/s1. The van der Waals surface area contributed by atoms with Crippen molar-refractivity contribution in [1.82, 2.24) is 9.55 Å². The van der Waals surface area contributed by atoms with Gasteiger partial charge in [-0.15, -0.1) is 0 Å². The Morgan fingerprint density at radius 2 is 1.65 bits per heavy atom. The van der Waals surface area contributed by atoms with Crippen LogP contribution in [-0.4, -0.2) is 9.55 Å². The van der Waals surface area contributed by atoms with Gasteiger partial charge in [0.2, 0.25) is 0 Å². The van der Waals surface area contributed by atoms with E-state index in [1.165, 1.54) is 16.6 Å². The number of aryl methyl sites for hydroxylation is 1. The summed E-state index contributed by atoms with van der Waals surface area (Å²) in [5.74, 6) is 2.16. The van der Waals surface area contributed by atoms with Crippen molar-refractivity contribution in [2.45, 2.75) is 46.6 Å². The molecule has 120 valence electrons. The van der Waals surface area contributed by atoms with Gasteiger partial charge in [0.1, 0.15) is 5.82 Å². The van der Waals surface area contributed by atoms with E-state index in [4.69, 9.17) is 4.98 Å². The summed E-state index contributed by atoms with van der Waals surface area (Å²) in [7, 11) is 0. The highest BCUT2D eigenvalue weighted by Crippen LogP contribution is 2.27. The Kier molecular flexibility index (Phi) is 4.51. The molecule has 2 nitrogen and oxygen atoms in total. The average Bonchev–Trinajstić information content (AvgIpc) is 2.93. The fraction of sp³-hybridized carbons (Fsp3) is 0.381. The summed E-state index contributed by atoms with van der Waals surface area (Å²) >= 11 is 0. The first-order valence-corrected chi connectivity index (χ1v) is 8.64. The Hall–Kier alpha value is -2.09. The fourth-order valence-electron chi connectivity index (χ4n) is 3.32. The topological polar surface area (TPSA) is 17.8 Å². The van der Waals surface area contributed by atoms with Crippen LogP contribution in [0.4, 0.5) is 0 Å². The number of imidazole rings is 1. The second-order valence-corrected chi connectivity index (χ2v) is 6.76. The fourth-order valence-corrected chi connectivity index (χ4v) is 3.32. The number of nitrogens with zero attached hydrogens (tertiary/aromatic N) is 2. The molecule has 3 rings (SSSR count). The van der Waals surface area contributed by atoms with Crippen LogP contribution in [0.1, 0.15) is 50.6 Å². The van der Waals surface area contributed by atoms with E-state index in [0.717, 1.165) is 24.3 Å². The average molecular weight is 306 g/mol. The van der Waals surface area contributed by atoms with Crippen molar-refractivity contribution < 1.29 is 0 Å². The molecule has 0 amide bonds. The molecular weight excluding hydrogens is 280 g/mol. The summed E-state index contributed by atoms with van der Waals surface area (Å²) in [5, 5.41) is 0. The molecule has 0 unspecified atom stereocenters. The molecule has 2 heteroatoms. The maximum atomic E-state index is 4.89. The van der Waals surface area contributed by atoms with Gasteiger partial charge in [0, 0.05) is 12.5 Å². The zero-order valence-corrected chi connectivity index (χ0v) is 14.6. The SMILES string of the molecule is CCn1c([C@H](C)c2ccc(CC(C)C)cc2)nc2ccccc21. The molecule has 2 aromatic carbocycles. The Morgan fingerprint density at radius 3 is 2.30 bits per heavy atom. The third-order valence-electron chi connectivity index (χ3n) is 4.51. The molecule has 23 heavy (non-hydrogen) atoms. The molecule has 0 radical (unpaired) electrons. The number of hydrogen-bond donors (Lipinski definition) is 0. The van der Waals surface area contributed by atoms with Gasteiger partial charge in [0.05, 0.1) is 11.0 Å². The summed E-state index contributed by atoms with van der Waals surface area (Å²) in [6.07, 6.45) is 1.14. The van der Waals surface area contributed by atoms with E-state index in [-0.39, 0.29) is 0 Å². The van der Waals surface area contributed by atoms with Crippen molar-refractivity contribution in [3.05, 3.63) is 65.5 Å². The number of benzene rings is 2. The quantitative estimate of drug-likeness (QED) is 0.616. The first-order chi connectivity index (χ1) is 11.1. The van der Waals surface area contributed by atoms with E-state index in [0.29, 0.717) is 11.8 Å². The Balaban J connectivity index is 1.95. The minimum absolute atomic E-state index is 0.301. The smallest absolute Gasteiger partial charge is 0.117 e. The van der Waals surface area contributed by atoms with Gasteiger partial charge < -0.3 is 4.57 Å². The molecule has 1 heterocycles. The summed E-state index contributed by atoms with van der Waals surface area (Å²) in [5.41, 5.74) is 5.07. The van der Waals surface area contributed by atoms with Crippen molar-refractivity contribution in [3.8, 4) is 0 Å². The molecule has 1 aromatic heterocycles. The van der Waals surface area contributed by atoms with E-state index in [1.807, 2.05) is 0 Å². The summed E-state index contributed by atoms with van der Waals surface area (Å²) < 4.78 is 2.34. The predicted octanol–water partition coefficient (Wildman–Crippen LogP) is 5.41. The Bertz CT molecular complexity index is 781. The molecule has 0 saturated carbocycles. The molecule has 0 bridgehead atoms. The monoisotopic (exact) mass is 306 g/mol. The number of fused-ring (bicyclic) bond motifs is 1. The highest BCUT2D eigenvalue weighted by molar-refractivity contribution is 5.76. The Labute approximate surface area is 139 Å². The lowest BCUT2D eigenvalue weighted by atomic mass is 9.96. The second kappa shape index (κ2) is 6.57. The van der Waals surface area contributed by atoms with Crippen LogP contribution in [0.3, 0.4) is 0 Å². The minimum atomic E-state index is 0.301. The summed E-state index contributed by atoms with van der Waals surface area (Å²) in [6, 6.07) is 17.5. The third kappa shape index (κ3) is 3.17. The van der Waals surface area contributed by atoms with E-state index >= 15 is 0 Å². The molecule has 3 aromatic rings. The maximum Gasteiger partial charge on any atom is 0.117 e. The molecule has 0 N–H and O–H groups in total. The van der Waals surface area contributed by atoms with Gasteiger partial charge in [-0.3, -0.25) is 0 Å². The predicted molar refractivity (Wildman–Crippen MR) is 97.9 cm³/mol. The number of para-hydroxylation sites is 2. The minimum Gasteiger partial charge on any atom is -0.328 e. The van der Waals surface area contributed by atoms with Crippen LogP contribution in [0, 0.1) is 5.92 Å². The van der Waals surface area contributed by atoms with Gasteiger partial charge in [-0.1, -0.05) is 57.2 Å². The zero-order valence-electron chi connectivity index (χ0n) is 14.6. The van der Waals surface area contributed by atoms with Crippen LogP contribution >= 0.6 is 0 Å². The number of aromatic nitrogens is 2. The van der Waals surface area contributed by atoms with E-state index in [2.05, 4.69) is 80.8 Å². The molecule has 0 aliphatic rings. The van der Waals surface area contributed by atoms with Crippen LogP contribution in [0.15, 0.2) is 48.5 Å². The summed E-state index contributed by atoms with van der Waals surface area (Å²) in [6.45, 7) is 9.92. The molecule has 0 aliphatic carbocycles. The van der Waals surface area contributed by atoms with Crippen molar-refractivity contribution >= 4 is 11.0 Å². The highest BCUT2D eigenvalue weighted by atomic mass is 15.1. The zero-order chi connectivity index (χ0) is 16.4. The lowest BCUT2D eigenvalue weighted by Crippen LogP contribution is -2.07. The molecular formula is C21H26N2. The van der Waals surface area contributed by atoms with E-state index in [1.54, 1.807) is 0 Å². The van der Waals surface area contributed by atoms with E-state index in [9.17, 15) is 0 Å². The van der Waals surface area contributed by atoms with Crippen molar-refractivity contribution in [2.24, 2.45) is 5.92 Å². The van der Waals surface area contributed by atoms with Crippen LogP contribution in [0.5, 0.6) is 0 Å². The van der Waals surface area contributed by atoms with Crippen LogP contribution < -0.4 is 0 Å². The van der Waals surface area contributed by atoms with Crippen molar-refractivity contribution in [3.63, 3.8) is 0 Å². The lowest BCUT2D eigenvalue weighted by Gasteiger charge is -2.15.